The molecule has 25 heavy (non-hydrogen) atoms. The Balaban J connectivity index is 1.48. The highest BCUT2D eigenvalue weighted by atomic mass is 16.5. The van der Waals surface area contributed by atoms with Gasteiger partial charge in [0.25, 0.3) is 5.91 Å². The lowest BCUT2D eigenvalue weighted by molar-refractivity contribution is 0.0556. The van der Waals surface area contributed by atoms with Gasteiger partial charge >= 0.3 is 0 Å². The van der Waals surface area contributed by atoms with Crippen LogP contribution in [0.4, 0.5) is 0 Å². The molecule has 2 heterocycles. The van der Waals surface area contributed by atoms with Gasteiger partial charge in [-0.1, -0.05) is 0 Å². The molecule has 1 aromatic carbocycles. The Hall–Kier alpha value is -1.59. The second-order valence-corrected chi connectivity index (χ2v) is 7.57. The van der Waals surface area contributed by atoms with Crippen LogP contribution in [0.1, 0.15) is 30.1 Å². The normalized spacial score (nSPS) is 23.6. The van der Waals surface area contributed by atoms with Gasteiger partial charge in [0, 0.05) is 50.9 Å². The molecular weight excluding hydrogens is 314 g/mol. The molecule has 0 N–H and O–H groups in total. The van der Waals surface area contributed by atoms with E-state index in [9.17, 15) is 4.79 Å². The van der Waals surface area contributed by atoms with Crippen LogP contribution in [0.25, 0.3) is 0 Å². The molecule has 2 saturated heterocycles. The van der Waals surface area contributed by atoms with Crippen molar-refractivity contribution < 1.29 is 9.53 Å². The molecule has 0 aliphatic carbocycles. The average Bonchev–Trinajstić information content (AvgIpc) is 2.64. The summed E-state index contributed by atoms with van der Waals surface area (Å²) in [7, 11) is 3.85. The number of carbonyl (C=O) groups excluding carboxylic acids is 1. The first kappa shape index (κ1) is 18.2. The van der Waals surface area contributed by atoms with E-state index in [0.29, 0.717) is 12.0 Å². The van der Waals surface area contributed by atoms with E-state index in [4.69, 9.17) is 4.74 Å². The van der Waals surface area contributed by atoms with Crippen LogP contribution >= 0.6 is 0 Å². The van der Waals surface area contributed by atoms with Gasteiger partial charge in [0.2, 0.25) is 0 Å². The van der Waals surface area contributed by atoms with Crippen molar-refractivity contribution in [1.82, 2.24) is 14.7 Å². The van der Waals surface area contributed by atoms with Crippen LogP contribution in [0.15, 0.2) is 24.3 Å². The van der Waals surface area contributed by atoms with Crippen molar-refractivity contribution in [2.75, 3.05) is 53.4 Å². The SMILES string of the molecule is COc1ccc(C(=O)N2CCC(CN3CCN(C)C[C@@H]3C)CC2)cc1. The second-order valence-electron chi connectivity index (χ2n) is 7.57. The molecule has 0 saturated carbocycles. The Morgan fingerprint density at radius 3 is 2.40 bits per heavy atom. The van der Waals surface area contributed by atoms with Crippen LogP contribution < -0.4 is 4.74 Å². The minimum Gasteiger partial charge on any atom is -0.497 e. The summed E-state index contributed by atoms with van der Waals surface area (Å²) in [5.41, 5.74) is 0.756. The summed E-state index contributed by atoms with van der Waals surface area (Å²) in [4.78, 5) is 19.7. The Morgan fingerprint density at radius 1 is 1.12 bits per heavy atom. The average molecular weight is 345 g/mol. The van der Waals surface area contributed by atoms with Gasteiger partial charge < -0.3 is 14.5 Å². The number of amides is 1. The number of likely N-dealkylation sites (N-methyl/N-ethyl adjacent to an activating group) is 1. The lowest BCUT2D eigenvalue weighted by Gasteiger charge is -2.41. The molecule has 2 aliphatic heterocycles. The van der Waals surface area contributed by atoms with E-state index in [1.165, 1.54) is 19.6 Å². The van der Waals surface area contributed by atoms with Crippen molar-refractivity contribution in [1.29, 1.82) is 0 Å². The van der Waals surface area contributed by atoms with Crippen molar-refractivity contribution in [3.63, 3.8) is 0 Å². The van der Waals surface area contributed by atoms with Crippen molar-refractivity contribution in [3.8, 4) is 5.75 Å². The Morgan fingerprint density at radius 2 is 1.80 bits per heavy atom. The van der Waals surface area contributed by atoms with E-state index < -0.39 is 0 Å². The maximum absolute atomic E-state index is 12.7. The van der Waals surface area contributed by atoms with Crippen molar-refractivity contribution in [3.05, 3.63) is 29.8 Å². The number of rotatable bonds is 4. The fraction of sp³-hybridized carbons (Fsp3) is 0.650. The topological polar surface area (TPSA) is 36.0 Å². The molecule has 2 fully saturated rings. The zero-order chi connectivity index (χ0) is 17.8. The predicted octanol–water partition coefficient (Wildman–Crippen LogP) is 2.18. The number of piperazine rings is 1. The van der Waals surface area contributed by atoms with E-state index in [1.807, 2.05) is 29.2 Å². The highest BCUT2D eigenvalue weighted by Gasteiger charge is 2.28. The number of hydrogen-bond acceptors (Lipinski definition) is 4. The molecule has 0 aromatic heterocycles. The minimum absolute atomic E-state index is 0.147. The van der Waals surface area contributed by atoms with Crippen LogP contribution in [-0.2, 0) is 0 Å². The molecule has 1 aromatic rings. The summed E-state index contributed by atoms with van der Waals surface area (Å²) in [5, 5.41) is 0. The number of ether oxygens (including phenoxy) is 1. The predicted molar refractivity (Wildman–Crippen MR) is 100 cm³/mol. The number of methoxy groups -OCH3 is 1. The Bertz CT molecular complexity index is 567. The number of nitrogens with zero attached hydrogens (tertiary/aromatic N) is 3. The van der Waals surface area contributed by atoms with Gasteiger partial charge in [-0.2, -0.15) is 0 Å². The first-order chi connectivity index (χ1) is 12.1. The molecule has 3 rings (SSSR count). The number of piperidine rings is 1. The number of likely N-dealkylation sites (tertiary alicyclic amines) is 1. The van der Waals surface area contributed by atoms with E-state index in [-0.39, 0.29) is 5.91 Å². The Kier molecular flexibility index (Phi) is 5.97. The first-order valence-corrected chi connectivity index (χ1v) is 9.42. The first-order valence-electron chi connectivity index (χ1n) is 9.42. The third-order valence-electron chi connectivity index (χ3n) is 5.70. The van der Waals surface area contributed by atoms with E-state index >= 15 is 0 Å². The van der Waals surface area contributed by atoms with E-state index in [0.717, 1.165) is 43.8 Å². The van der Waals surface area contributed by atoms with Gasteiger partial charge in [0.15, 0.2) is 0 Å². The third-order valence-corrected chi connectivity index (χ3v) is 5.70. The maximum atomic E-state index is 12.7. The fourth-order valence-corrected chi connectivity index (χ4v) is 4.02. The van der Waals surface area contributed by atoms with E-state index in [1.54, 1.807) is 7.11 Å². The summed E-state index contributed by atoms with van der Waals surface area (Å²) in [5.74, 6) is 1.65. The van der Waals surface area contributed by atoms with Crippen LogP contribution in [0, 0.1) is 5.92 Å². The lowest BCUT2D eigenvalue weighted by atomic mass is 9.94. The maximum Gasteiger partial charge on any atom is 0.253 e. The lowest BCUT2D eigenvalue weighted by Crippen LogP contribution is -2.52. The largest absolute Gasteiger partial charge is 0.497 e. The zero-order valence-corrected chi connectivity index (χ0v) is 15.8. The quantitative estimate of drug-likeness (QED) is 0.838. The summed E-state index contributed by atoms with van der Waals surface area (Å²) >= 11 is 0. The zero-order valence-electron chi connectivity index (χ0n) is 15.8. The van der Waals surface area contributed by atoms with Crippen molar-refractivity contribution in [2.45, 2.75) is 25.8 Å². The van der Waals surface area contributed by atoms with Gasteiger partial charge in [0.05, 0.1) is 7.11 Å². The molecule has 5 heteroatoms. The smallest absolute Gasteiger partial charge is 0.253 e. The molecule has 1 atom stereocenters. The van der Waals surface area contributed by atoms with Gasteiger partial charge in [-0.05, 0) is 57.0 Å². The molecule has 138 valence electrons. The standard InChI is InChI=1S/C20H31N3O2/c1-16-14-21(2)12-13-23(16)15-17-8-10-22(11-9-17)20(24)18-4-6-19(25-3)7-5-18/h4-7,16-17H,8-15H2,1-3H3/t16-/m0/s1. The highest BCUT2D eigenvalue weighted by Crippen LogP contribution is 2.22. The monoisotopic (exact) mass is 345 g/mol. The minimum atomic E-state index is 0.147. The van der Waals surface area contributed by atoms with E-state index in [2.05, 4.69) is 23.8 Å². The van der Waals surface area contributed by atoms with Gasteiger partial charge in [0.1, 0.15) is 5.75 Å². The molecule has 2 aliphatic rings. The van der Waals surface area contributed by atoms with Gasteiger partial charge in [-0.25, -0.2) is 0 Å². The summed E-state index contributed by atoms with van der Waals surface area (Å²) in [6, 6.07) is 8.07. The molecule has 0 unspecified atom stereocenters. The highest BCUT2D eigenvalue weighted by molar-refractivity contribution is 5.94. The van der Waals surface area contributed by atoms with Crippen molar-refractivity contribution >= 4 is 5.91 Å². The molecule has 5 nitrogen and oxygen atoms in total. The molecule has 0 spiro atoms. The Labute approximate surface area is 151 Å². The summed E-state index contributed by atoms with van der Waals surface area (Å²) in [6.07, 6.45) is 2.22. The van der Waals surface area contributed by atoms with Crippen molar-refractivity contribution in [2.24, 2.45) is 5.92 Å². The van der Waals surface area contributed by atoms with Crippen LogP contribution in [0.2, 0.25) is 0 Å². The second kappa shape index (κ2) is 8.19. The number of benzene rings is 1. The fourth-order valence-electron chi connectivity index (χ4n) is 4.02. The van der Waals surface area contributed by atoms with Gasteiger partial charge in [-0.15, -0.1) is 0 Å². The number of carbonyl (C=O) groups is 1. The van der Waals surface area contributed by atoms with Crippen LogP contribution in [-0.4, -0.2) is 80.1 Å². The summed E-state index contributed by atoms with van der Waals surface area (Å²) in [6.45, 7) is 8.75. The third kappa shape index (κ3) is 4.53. The summed E-state index contributed by atoms with van der Waals surface area (Å²) < 4.78 is 5.16. The molecule has 0 bridgehead atoms. The van der Waals surface area contributed by atoms with Crippen LogP contribution in [0.3, 0.4) is 0 Å². The molecular formula is C20H31N3O2. The number of hydrogen-bond donors (Lipinski definition) is 0. The van der Waals surface area contributed by atoms with Gasteiger partial charge in [-0.3, -0.25) is 9.69 Å². The molecule has 0 radical (unpaired) electrons. The molecule has 1 amide bonds. The van der Waals surface area contributed by atoms with Crippen LogP contribution in [0.5, 0.6) is 5.75 Å².